The van der Waals surface area contributed by atoms with E-state index >= 15 is 0 Å². The highest BCUT2D eigenvalue weighted by molar-refractivity contribution is 14.0. The predicted molar refractivity (Wildman–Crippen MR) is 137 cm³/mol. The lowest BCUT2D eigenvalue weighted by molar-refractivity contribution is 0.109. The number of rotatable bonds is 13. The van der Waals surface area contributed by atoms with Crippen molar-refractivity contribution in [3.63, 3.8) is 0 Å². The topological polar surface area (TPSA) is 73.3 Å². The largest absolute Gasteiger partial charge is 0.490 e. The summed E-state index contributed by atoms with van der Waals surface area (Å²) in [5, 5.41) is 6.83. The van der Waals surface area contributed by atoms with Gasteiger partial charge in [0.25, 0.3) is 0 Å². The molecule has 31 heavy (non-hydrogen) atoms. The van der Waals surface area contributed by atoms with Crippen LogP contribution in [0.4, 0.5) is 5.69 Å². The number of guanidine groups is 1. The van der Waals surface area contributed by atoms with Gasteiger partial charge in [-0.2, -0.15) is 0 Å². The minimum atomic E-state index is 0. The Labute approximate surface area is 204 Å². The summed E-state index contributed by atoms with van der Waals surface area (Å²) in [7, 11) is 1.74. The van der Waals surface area contributed by atoms with Gasteiger partial charge in [0, 0.05) is 58.2 Å². The van der Waals surface area contributed by atoms with Crippen molar-refractivity contribution in [3.8, 4) is 11.5 Å². The molecule has 0 saturated heterocycles. The molecule has 0 atom stereocenters. The molecular weight excluding hydrogens is 509 g/mol. The summed E-state index contributed by atoms with van der Waals surface area (Å²) in [6, 6.07) is 5.92. The van der Waals surface area contributed by atoms with Gasteiger partial charge in [-0.05, 0) is 43.7 Å². The molecule has 0 aromatic heterocycles. The Morgan fingerprint density at radius 1 is 1.06 bits per heavy atom. The zero-order valence-electron chi connectivity index (χ0n) is 19.3. The second-order valence-corrected chi connectivity index (χ2v) is 7.87. The molecule has 1 aromatic carbocycles. The van der Waals surface area contributed by atoms with Gasteiger partial charge < -0.3 is 29.6 Å². The molecule has 2 rings (SSSR count). The average Bonchev–Trinajstić information content (AvgIpc) is 2.97. The normalized spacial score (nSPS) is 13.5. The van der Waals surface area contributed by atoms with Gasteiger partial charge in [0.1, 0.15) is 0 Å². The van der Waals surface area contributed by atoms with Gasteiger partial charge in [0.15, 0.2) is 17.5 Å². The Bertz CT molecular complexity index is 629. The average molecular weight is 549 g/mol. The van der Waals surface area contributed by atoms with Gasteiger partial charge in [0.2, 0.25) is 0 Å². The number of nitrogens with one attached hydrogen (secondary N) is 2. The molecule has 0 radical (unpaired) electrons. The van der Waals surface area contributed by atoms with Crippen LogP contribution in [-0.4, -0.2) is 59.2 Å². The van der Waals surface area contributed by atoms with Gasteiger partial charge in [-0.3, -0.25) is 4.99 Å². The molecule has 178 valence electrons. The molecule has 0 amide bonds. The number of fused-ring (bicyclic) bond motifs is 1. The monoisotopic (exact) mass is 549 g/mol. The maximum absolute atomic E-state index is 5.80. The lowest BCUT2D eigenvalue weighted by Crippen LogP contribution is -2.32. The molecule has 0 unspecified atom stereocenters. The molecule has 0 fully saturated rings. The van der Waals surface area contributed by atoms with Crippen molar-refractivity contribution in [2.75, 3.05) is 58.6 Å². The van der Waals surface area contributed by atoms with Gasteiger partial charge in [-0.25, -0.2) is 0 Å². The minimum absolute atomic E-state index is 0. The first-order valence-electron chi connectivity index (χ1n) is 11.2. The number of hydrogen-bond acceptors (Lipinski definition) is 5. The summed E-state index contributed by atoms with van der Waals surface area (Å²) >= 11 is 0. The van der Waals surface area contributed by atoms with E-state index < -0.39 is 0 Å². The number of hydrogen-bond donors (Lipinski definition) is 2. The van der Waals surface area contributed by atoms with Crippen LogP contribution >= 0.6 is 24.0 Å². The SMILES string of the molecule is COCCCCCNC(=NCCCOCC(C)C)Nc1ccc2c(c1)OCCCO2.I. The highest BCUT2D eigenvalue weighted by Gasteiger charge is 2.11. The van der Waals surface area contributed by atoms with Crippen LogP contribution in [0, 0.1) is 5.92 Å². The van der Waals surface area contributed by atoms with Crippen molar-refractivity contribution in [2.45, 2.75) is 46.0 Å². The van der Waals surface area contributed by atoms with Crippen molar-refractivity contribution >= 4 is 35.6 Å². The fourth-order valence-corrected chi connectivity index (χ4v) is 2.95. The van der Waals surface area contributed by atoms with Crippen molar-refractivity contribution in [3.05, 3.63) is 18.2 Å². The standard InChI is InChI=1S/C23H39N3O4.HI/c1-19(2)18-28-14-7-12-25-23(24-11-5-4-6-13-27-3)26-20-9-10-21-22(17-20)30-16-8-15-29-21;/h9-10,17,19H,4-8,11-16,18H2,1-3H3,(H2,24,25,26);1H. The summed E-state index contributed by atoms with van der Waals surface area (Å²) in [6.07, 6.45) is 5.07. The van der Waals surface area contributed by atoms with Crippen LogP contribution in [0.3, 0.4) is 0 Å². The van der Waals surface area contributed by atoms with Crippen LogP contribution in [0.5, 0.6) is 11.5 Å². The quantitative estimate of drug-likeness (QED) is 0.161. The predicted octanol–water partition coefficient (Wildman–Crippen LogP) is 4.70. The number of halogens is 1. The lowest BCUT2D eigenvalue weighted by Gasteiger charge is -2.15. The highest BCUT2D eigenvalue weighted by Crippen LogP contribution is 2.32. The van der Waals surface area contributed by atoms with Crippen molar-refractivity contribution in [1.29, 1.82) is 0 Å². The van der Waals surface area contributed by atoms with Crippen LogP contribution in [0.1, 0.15) is 46.0 Å². The van der Waals surface area contributed by atoms with Gasteiger partial charge in [-0.1, -0.05) is 13.8 Å². The minimum Gasteiger partial charge on any atom is -0.490 e. The Balaban J connectivity index is 0.00000480. The molecule has 0 aliphatic carbocycles. The molecule has 1 aromatic rings. The molecule has 7 nitrogen and oxygen atoms in total. The zero-order valence-corrected chi connectivity index (χ0v) is 21.6. The number of ether oxygens (including phenoxy) is 4. The molecule has 1 heterocycles. The van der Waals surface area contributed by atoms with E-state index in [9.17, 15) is 0 Å². The molecular formula is C23H40IN3O4. The first-order chi connectivity index (χ1) is 14.7. The number of benzene rings is 1. The van der Waals surface area contributed by atoms with E-state index in [2.05, 4.69) is 24.5 Å². The van der Waals surface area contributed by atoms with Crippen LogP contribution in [0.25, 0.3) is 0 Å². The molecule has 0 bridgehead atoms. The molecule has 0 saturated carbocycles. The summed E-state index contributed by atoms with van der Waals surface area (Å²) in [4.78, 5) is 4.72. The molecule has 8 heteroatoms. The number of methoxy groups -OCH3 is 1. The number of aliphatic imine (C=N–C) groups is 1. The van der Waals surface area contributed by atoms with Crippen molar-refractivity contribution in [2.24, 2.45) is 10.9 Å². The summed E-state index contributed by atoms with van der Waals surface area (Å²) < 4.78 is 22.3. The van der Waals surface area contributed by atoms with Crippen LogP contribution in [-0.2, 0) is 9.47 Å². The first kappa shape index (κ1) is 27.8. The number of anilines is 1. The summed E-state index contributed by atoms with van der Waals surface area (Å²) in [6.45, 7) is 9.60. The molecule has 2 N–H and O–H groups in total. The van der Waals surface area contributed by atoms with E-state index in [1.807, 2.05) is 18.2 Å². The number of nitrogens with zero attached hydrogens (tertiary/aromatic N) is 1. The van der Waals surface area contributed by atoms with Gasteiger partial charge in [0.05, 0.1) is 13.2 Å². The summed E-state index contributed by atoms with van der Waals surface area (Å²) in [5.74, 6) is 2.91. The summed E-state index contributed by atoms with van der Waals surface area (Å²) in [5.41, 5.74) is 0.931. The van der Waals surface area contributed by atoms with E-state index in [-0.39, 0.29) is 24.0 Å². The van der Waals surface area contributed by atoms with Gasteiger partial charge in [-0.15, -0.1) is 24.0 Å². The lowest BCUT2D eigenvalue weighted by atomic mass is 10.2. The maximum Gasteiger partial charge on any atom is 0.195 e. The second-order valence-electron chi connectivity index (χ2n) is 7.87. The molecule has 1 aliphatic heterocycles. The fraction of sp³-hybridized carbons (Fsp3) is 0.696. The number of unbranched alkanes of at least 4 members (excludes halogenated alkanes) is 2. The van der Waals surface area contributed by atoms with Crippen LogP contribution in [0.15, 0.2) is 23.2 Å². The van der Waals surface area contributed by atoms with Crippen molar-refractivity contribution in [1.82, 2.24) is 5.32 Å². The van der Waals surface area contributed by atoms with E-state index in [1.165, 1.54) is 0 Å². The molecule has 0 spiro atoms. The second kappa shape index (κ2) is 17.3. The van der Waals surface area contributed by atoms with E-state index in [1.54, 1.807) is 7.11 Å². The third-order valence-electron chi connectivity index (χ3n) is 4.50. The highest BCUT2D eigenvalue weighted by atomic mass is 127. The van der Waals surface area contributed by atoms with E-state index in [0.717, 1.165) is 81.6 Å². The van der Waals surface area contributed by atoms with Gasteiger partial charge >= 0.3 is 0 Å². The Hall–Kier alpha value is -1.26. The third kappa shape index (κ3) is 12.4. The smallest absolute Gasteiger partial charge is 0.195 e. The van der Waals surface area contributed by atoms with E-state index in [4.69, 9.17) is 23.9 Å². The molecule has 1 aliphatic rings. The third-order valence-corrected chi connectivity index (χ3v) is 4.50. The van der Waals surface area contributed by atoms with Crippen molar-refractivity contribution < 1.29 is 18.9 Å². The zero-order chi connectivity index (χ0) is 21.4. The van der Waals surface area contributed by atoms with E-state index in [0.29, 0.717) is 25.7 Å². The van der Waals surface area contributed by atoms with Crippen LogP contribution < -0.4 is 20.1 Å². The Kier molecular flexibility index (Phi) is 15.5. The fourth-order valence-electron chi connectivity index (χ4n) is 2.95. The Morgan fingerprint density at radius 3 is 2.65 bits per heavy atom. The van der Waals surface area contributed by atoms with Crippen LogP contribution in [0.2, 0.25) is 0 Å². The Morgan fingerprint density at radius 2 is 1.87 bits per heavy atom. The maximum atomic E-state index is 5.80. The first-order valence-corrected chi connectivity index (χ1v) is 11.2.